The minimum Gasteiger partial charge on any atom is -0.0417 e. The van der Waals surface area contributed by atoms with Crippen LogP contribution in [-0.2, 0) is 0 Å². The fourth-order valence-corrected chi connectivity index (χ4v) is 0.736. The predicted octanol–water partition coefficient (Wildman–Crippen LogP) is 0.775. The molecule has 1 heteroatoms. The fourth-order valence-electron chi connectivity index (χ4n) is 0.736. The number of hydrogen-bond acceptors (Lipinski definition) is 0. The molecule has 1 rings (SSSR count). The largest absolute Gasteiger partial charge is 0.183 e. The highest BCUT2D eigenvalue weighted by atomic mass is 14.9. The average Bonchev–Trinajstić information content (AvgIpc) is 1.72. The van der Waals surface area contributed by atoms with Crippen LogP contribution in [0.3, 0.4) is 0 Å². The first-order valence-electron chi connectivity index (χ1n) is 2.63. The lowest BCUT2D eigenvalue weighted by Gasteiger charge is -1.94. The van der Waals surface area contributed by atoms with Gasteiger partial charge in [-0.3, -0.25) is 0 Å². The van der Waals surface area contributed by atoms with E-state index in [1.165, 1.54) is 19.3 Å². The van der Waals surface area contributed by atoms with Crippen molar-refractivity contribution >= 4 is 0 Å². The first-order valence-corrected chi connectivity index (χ1v) is 2.63. The maximum Gasteiger partial charge on any atom is 0.183 e. The Bertz CT molecular complexity index is 19.4. The molecule has 0 N–H and O–H groups in total. The Kier molecular flexibility index (Phi) is 1.51. The Hall–Kier alpha value is -0.0400. The monoisotopic (exact) mass is 84.1 g/mol. The van der Waals surface area contributed by atoms with Gasteiger partial charge in [0.15, 0.2) is 13.1 Å². The Labute approximate surface area is 38.7 Å². The van der Waals surface area contributed by atoms with Crippen molar-refractivity contribution in [2.24, 2.45) is 0 Å². The molecule has 0 aromatic heterocycles. The Morgan fingerprint density at radius 1 is 0.833 bits per heavy atom. The Morgan fingerprint density at radius 2 is 1.50 bits per heavy atom. The van der Waals surface area contributed by atoms with Crippen molar-refractivity contribution in [1.29, 1.82) is 0 Å². The van der Waals surface area contributed by atoms with Gasteiger partial charge in [-0.25, -0.2) is 0 Å². The van der Waals surface area contributed by atoms with E-state index in [0.717, 1.165) is 13.1 Å². The molecule has 1 heterocycles. The molecule has 2 radical (unpaired) electrons. The van der Waals surface area contributed by atoms with E-state index in [0.29, 0.717) is 0 Å². The third-order valence-electron chi connectivity index (χ3n) is 1.13. The third-order valence-corrected chi connectivity index (χ3v) is 1.13. The Balaban J connectivity index is 2.00. The highest BCUT2D eigenvalue weighted by Crippen LogP contribution is 1.98. The number of nitrogens with zero attached hydrogens (tertiary/aromatic N) is 1. The SMILES string of the molecule is C1CC[N+]CC1. The van der Waals surface area contributed by atoms with Crippen LogP contribution in [0.25, 0.3) is 0 Å². The zero-order valence-corrected chi connectivity index (χ0v) is 3.98. The molecule has 1 aliphatic heterocycles. The van der Waals surface area contributed by atoms with Crippen molar-refractivity contribution in [2.75, 3.05) is 13.1 Å². The molecule has 0 unspecified atom stereocenters. The van der Waals surface area contributed by atoms with Gasteiger partial charge in [0.2, 0.25) is 0 Å². The summed E-state index contributed by atoms with van der Waals surface area (Å²) in [4.78, 5) is 0. The minimum atomic E-state index is 1.12. The standard InChI is InChI=1S/C5H10N/c1-2-4-6-5-3-1/h1-5H2/q+1. The first-order chi connectivity index (χ1) is 3.00. The van der Waals surface area contributed by atoms with Gasteiger partial charge in [-0.2, -0.15) is 0 Å². The van der Waals surface area contributed by atoms with Gasteiger partial charge in [-0.15, -0.1) is 0 Å². The summed E-state index contributed by atoms with van der Waals surface area (Å²) in [6.07, 6.45) is 4.07. The number of rotatable bonds is 0. The van der Waals surface area contributed by atoms with Crippen molar-refractivity contribution in [3.63, 3.8) is 0 Å². The Morgan fingerprint density at radius 3 is 1.67 bits per heavy atom. The van der Waals surface area contributed by atoms with Gasteiger partial charge < -0.3 is 0 Å². The minimum absolute atomic E-state index is 1.12. The van der Waals surface area contributed by atoms with E-state index in [9.17, 15) is 0 Å². The maximum absolute atomic E-state index is 4.18. The van der Waals surface area contributed by atoms with Crippen LogP contribution in [0.1, 0.15) is 19.3 Å². The fraction of sp³-hybridized carbons (Fsp3) is 1.00. The molecule has 0 atom stereocenters. The summed E-state index contributed by atoms with van der Waals surface area (Å²) in [5.41, 5.74) is 0. The topological polar surface area (TPSA) is 14.1 Å². The lowest BCUT2D eigenvalue weighted by atomic mass is 10.2. The second-order valence-corrected chi connectivity index (χ2v) is 1.73. The first kappa shape index (κ1) is 4.13. The van der Waals surface area contributed by atoms with Crippen LogP contribution < -0.4 is 5.32 Å². The van der Waals surface area contributed by atoms with Crippen molar-refractivity contribution in [3.8, 4) is 0 Å². The summed E-state index contributed by atoms with van der Waals surface area (Å²) in [7, 11) is 0. The molecular formula is C5H10N+. The van der Waals surface area contributed by atoms with E-state index < -0.39 is 0 Å². The quantitative estimate of drug-likeness (QED) is 0.411. The summed E-state index contributed by atoms with van der Waals surface area (Å²) < 4.78 is 0. The van der Waals surface area contributed by atoms with Crippen LogP contribution in [0.4, 0.5) is 0 Å². The zero-order chi connectivity index (χ0) is 4.24. The molecular weight excluding hydrogens is 74.1 g/mol. The van der Waals surface area contributed by atoms with E-state index in [1.54, 1.807) is 0 Å². The van der Waals surface area contributed by atoms with Crippen molar-refractivity contribution in [3.05, 3.63) is 0 Å². The molecule has 1 aliphatic rings. The van der Waals surface area contributed by atoms with Crippen LogP contribution in [0.2, 0.25) is 0 Å². The van der Waals surface area contributed by atoms with Gasteiger partial charge in [0.25, 0.3) is 0 Å². The van der Waals surface area contributed by atoms with E-state index in [4.69, 9.17) is 0 Å². The van der Waals surface area contributed by atoms with E-state index in [1.807, 2.05) is 0 Å². The molecule has 0 bridgehead atoms. The molecule has 1 saturated heterocycles. The lowest BCUT2D eigenvalue weighted by Crippen LogP contribution is -2.13. The molecule has 0 aliphatic carbocycles. The van der Waals surface area contributed by atoms with Gasteiger partial charge in [0.05, 0.1) is 5.32 Å². The summed E-state index contributed by atoms with van der Waals surface area (Å²) >= 11 is 0. The van der Waals surface area contributed by atoms with Crippen LogP contribution in [0.5, 0.6) is 0 Å². The summed E-state index contributed by atoms with van der Waals surface area (Å²) in [6, 6.07) is 0. The van der Waals surface area contributed by atoms with Gasteiger partial charge in [0.1, 0.15) is 0 Å². The predicted molar refractivity (Wildman–Crippen MR) is 25.7 cm³/mol. The van der Waals surface area contributed by atoms with Gasteiger partial charge in [0, 0.05) is 12.8 Å². The van der Waals surface area contributed by atoms with Crippen molar-refractivity contribution in [1.82, 2.24) is 5.32 Å². The molecule has 0 saturated carbocycles. The second-order valence-electron chi connectivity index (χ2n) is 1.73. The van der Waals surface area contributed by atoms with Crippen LogP contribution in [-0.4, -0.2) is 13.1 Å². The molecule has 1 fully saturated rings. The highest BCUT2D eigenvalue weighted by Gasteiger charge is 2.07. The van der Waals surface area contributed by atoms with E-state index >= 15 is 0 Å². The molecule has 0 aromatic carbocycles. The average molecular weight is 84.1 g/mol. The zero-order valence-electron chi connectivity index (χ0n) is 3.98. The number of piperidine rings is 1. The van der Waals surface area contributed by atoms with Crippen LogP contribution in [0, 0.1) is 0 Å². The second kappa shape index (κ2) is 2.19. The smallest absolute Gasteiger partial charge is 0.0417 e. The maximum atomic E-state index is 4.18. The molecule has 34 valence electrons. The summed E-state index contributed by atoms with van der Waals surface area (Å²) in [5.74, 6) is 0. The molecule has 0 aromatic rings. The lowest BCUT2D eigenvalue weighted by molar-refractivity contribution is 0.511. The van der Waals surface area contributed by atoms with E-state index in [2.05, 4.69) is 5.32 Å². The van der Waals surface area contributed by atoms with E-state index in [-0.39, 0.29) is 0 Å². The van der Waals surface area contributed by atoms with Gasteiger partial charge in [-0.1, -0.05) is 0 Å². The molecule has 6 heavy (non-hydrogen) atoms. The number of hydrogen-bond donors (Lipinski definition) is 0. The van der Waals surface area contributed by atoms with Gasteiger partial charge in [-0.05, 0) is 6.42 Å². The van der Waals surface area contributed by atoms with Gasteiger partial charge >= 0.3 is 0 Å². The third kappa shape index (κ3) is 0.977. The summed E-state index contributed by atoms with van der Waals surface area (Å²) in [5, 5.41) is 4.18. The molecule has 0 amide bonds. The molecule has 1 nitrogen and oxygen atoms in total. The van der Waals surface area contributed by atoms with Crippen LogP contribution >= 0.6 is 0 Å². The van der Waals surface area contributed by atoms with Crippen LogP contribution in [0.15, 0.2) is 0 Å². The summed E-state index contributed by atoms with van der Waals surface area (Å²) in [6.45, 7) is 2.25. The molecule has 0 spiro atoms. The normalized spacial score (nSPS) is 24.0. The highest BCUT2D eigenvalue weighted by molar-refractivity contribution is 4.54. The van der Waals surface area contributed by atoms with Crippen molar-refractivity contribution in [2.45, 2.75) is 19.3 Å². The van der Waals surface area contributed by atoms with Crippen molar-refractivity contribution < 1.29 is 0 Å².